The highest BCUT2D eigenvalue weighted by Gasteiger charge is 2.42. The molecule has 0 bridgehead atoms. The molecule has 0 fully saturated rings. The average Bonchev–Trinajstić information content (AvgIpc) is 3.94. The Balaban J connectivity index is 0.881. The molecule has 11 aromatic carbocycles. The number of rotatable bonds is 4. The van der Waals surface area contributed by atoms with Gasteiger partial charge in [0.1, 0.15) is 11.5 Å². The molecule has 0 saturated heterocycles. The van der Waals surface area contributed by atoms with Gasteiger partial charge in [0, 0.05) is 50.0 Å². The predicted octanol–water partition coefficient (Wildman–Crippen LogP) is 11.4. The summed E-state index contributed by atoms with van der Waals surface area (Å²) in [5, 5.41) is 10.6. The van der Waals surface area contributed by atoms with Crippen molar-refractivity contribution in [3.63, 3.8) is 0 Å². The monoisotopic (exact) mass is 859 g/mol. The molecule has 4 aliphatic rings. The van der Waals surface area contributed by atoms with E-state index in [-0.39, 0.29) is 13.4 Å². The molecule has 0 radical (unpaired) electrons. The van der Waals surface area contributed by atoms with E-state index < -0.39 is 0 Å². The number of nitrogens with zero attached hydrogens (tertiary/aromatic N) is 3. The van der Waals surface area contributed by atoms with Gasteiger partial charge in [-0.25, -0.2) is 0 Å². The second kappa shape index (κ2) is 12.6. The summed E-state index contributed by atoms with van der Waals surface area (Å²) in [6.45, 7) is 0.176. The Hall–Kier alpha value is -8.73. The van der Waals surface area contributed by atoms with Crippen molar-refractivity contribution in [2.24, 2.45) is 0 Å². The maximum atomic E-state index is 6.71. The van der Waals surface area contributed by atoms with Crippen molar-refractivity contribution in [3.05, 3.63) is 212 Å². The van der Waals surface area contributed by atoms with E-state index in [1.807, 2.05) is 0 Å². The van der Waals surface area contributed by atoms with Crippen LogP contribution < -0.4 is 42.4 Å². The Labute approximate surface area is 391 Å². The number of para-hydroxylation sites is 4. The lowest BCUT2D eigenvalue weighted by Crippen LogP contribution is -2.58. The molecule has 0 saturated carbocycles. The standard InChI is InChI=1S/C62H35B2N3O/c1-3-13-38(14-4-1)66-48-30-24-37-12-11-19-45-55(37)57(48)59-50(66)32-33-52-61(59)63(45)43-17-7-9-20-47(43)65(52)40-25-22-36(23-26-40)41-27-29-46-56-42(41)28-31-49-58(56)60-51(67(49)39-15-5-2-6-16-39)34-35-54-62(60)64(46)44-18-8-10-21-53(44)68-54/h1-35H. The first-order valence-electron chi connectivity index (χ1n) is 23.7. The van der Waals surface area contributed by atoms with Gasteiger partial charge in [0.25, 0.3) is 6.71 Å². The maximum Gasteiger partial charge on any atom is 0.252 e. The fraction of sp³-hybridized carbons (Fsp3) is 0. The van der Waals surface area contributed by atoms with Crippen molar-refractivity contribution in [2.45, 2.75) is 0 Å². The number of fused-ring (bicyclic) bond motifs is 6. The molecule has 2 aromatic heterocycles. The first-order chi connectivity index (χ1) is 33.8. The number of ether oxygens (including phenoxy) is 1. The minimum atomic E-state index is 0.0634. The zero-order valence-corrected chi connectivity index (χ0v) is 36.6. The normalized spacial score (nSPS) is 13.6. The lowest BCUT2D eigenvalue weighted by Gasteiger charge is -2.39. The molecule has 6 heterocycles. The van der Waals surface area contributed by atoms with Crippen molar-refractivity contribution in [2.75, 3.05) is 4.90 Å². The molecular weight excluding hydrogens is 824 g/mol. The van der Waals surface area contributed by atoms with Crippen molar-refractivity contribution in [1.29, 1.82) is 0 Å². The van der Waals surface area contributed by atoms with Crippen LogP contribution in [0.2, 0.25) is 0 Å². The highest BCUT2D eigenvalue weighted by atomic mass is 16.5. The van der Waals surface area contributed by atoms with Gasteiger partial charge >= 0.3 is 0 Å². The molecule has 0 atom stereocenters. The molecule has 68 heavy (non-hydrogen) atoms. The van der Waals surface area contributed by atoms with Crippen LogP contribution in [-0.4, -0.2) is 22.6 Å². The van der Waals surface area contributed by atoms with Crippen LogP contribution in [0.3, 0.4) is 0 Å². The highest BCUT2D eigenvalue weighted by molar-refractivity contribution is 7.02. The number of benzene rings is 11. The Morgan fingerprint density at radius 1 is 0.324 bits per heavy atom. The SMILES string of the molecule is c1ccc(-n2c3ccc4c5c3c3c6c(cccc6ccc32)B5c2ccccc2N4c2ccc(-c3ccc4c5c3ccc3c5c5c6c(ccc5n3-c3ccccc3)Oc3ccccc3B46)cc2)cc1. The predicted molar refractivity (Wildman–Crippen MR) is 286 cm³/mol. The maximum absolute atomic E-state index is 6.71. The lowest BCUT2D eigenvalue weighted by molar-refractivity contribution is 0.488. The fourth-order valence-electron chi connectivity index (χ4n) is 13.4. The molecule has 0 spiro atoms. The number of anilines is 3. The van der Waals surface area contributed by atoms with Crippen LogP contribution in [-0.2, 0) is 0 Å². The fourth-order valence-corrected chi connectivity index (χ4v) is 13.4. The van der Waals surface area contributed by atoms with Gasteiger partial charge < -0.3 is 18.8 Å². The van der Waals surface area contributed by atoms with Gasteiger partial charge in [0.2, 0.25) is 6.71 Å². The average molecular weight is 860 g/mol. The molecule has 4 nitrogen and oxygen atoms in total. The van der Waals surface area contributed by atoms with Gasteiger partial charge in [-0.15, -0.1) is 0 Å². The molecule has 310 valence electrons. The summed E-state index contributed by atoms with van der Waals surface area (Å²) in [7, 11) is 0. The van der Waals surface area contributed by atoms with Crippen LogP contribution in [0.5, 0.6) is 11.5 Å². The zero-order valence-electron chi connectivity index (χ0n) is 36.6. The Kier molecular flexibility index (Phi) is 6.57. The lowest BCUT2D eigenvalue weighted by atomic mass is 9.33. The minimum absolute atomic E-state index is 0.0634. The van der Waals surface area contributed by atoms with E-state index in [1.54, 1.807) is 0 Å². The Bertz CT molecular complexity index is 4420. The van der Waals surface area contributed by atoms with Gasteiger partial charge in [-0.3, -0.25) is 0 Å². The summed E-state index contributed by atoms with van der Waals surface area (Å²) >= 11 is 0. The van der Waals surface area contributed by atoms with Crippen molar-refractivity contribution in [1.82, 2.24) is 9.13 Å². The smallest absolute Gasteiger partial charge is 0.252 e. The summed E-state index contributed by atoms with van der Waals surface area (Å²) in [6.07, 6.45) is 0. The zero-order chi connectivity index (χ0) is 43.9. The molecule has 0 unspecified atom stereocenters. The largest absolute Gasteiger partial charge is 0.458 e. The van der Waals surface area contributed by atoms with Gasteiger partial charge in [0.05, 0.1) is 22.1 Å². The van der Waals surface area contributed by atoms with Crippen LogP contribution in [0.4, 0.5) is 17.1 Å². The van der Waals surface area contributed by atoms with E-state index in [4.69, 9.17) is 4.74 Å². The van der Waals surface area contributed by atoms with Crippen LogP contribution in [0, 0.1) is 0 Å². The molecule has 6 heteroatoms. The van der Waals surface area contributed by atoms with E-state index in [0.29, 0.717) is 0 Å². The van der Waals surface area contributed by atoms with Crippen LogP contribution in [0.15, 0.2) is 212 Å². The van der Waals surface area contributed by atoms with Crippen molar-refractivity contribution < 1.29 is 4.74 Å². The van der Waals surface area contributed by atoms with E-state index in [9.17, 15) is 0 Å². The quantitative estimate of drug-likeness (QED) is 0.165. The molecule has 0 N–H and O–H groups in total. The number of aromatic nitrogens is 2. The Morgan fingerprint density at radius 3 is 1.72 bits per heavy atom. The second-order valence-electron chi connectivity index (χ2n) is 19.0. The first-order valence-corrected chi connectivity index (χ1v) is 23.7. The van der Waals surface area contributed by atoms with Gasteiger partial charge in [0.15, 0.2) is 0 Å². The van der Waals surface area contributed by atoms with Crippen LogP contribution in [0.25, 0.3) is 87.7 Å². The van der Waals surface area contributed by atoms with Crippen molar-refractivity contribution in [3.8, 4) is 34.0 Å². The second-order valence-corrected chi connectivity index (χ2v) is 19.0. The molecule has 4 aliphatic heterocycles. The topological polar surface area (TPSA) is 22.3 Å². The minimum Gasteiger partial charge on any atom is -0.458 e. The van der Waals surface area contributed by atoms with Crippen molar-refractivity contribution >= 4 is 128 Å². The first kappa shape index (κ1) is 35.5. The molecule has 17 rings (SSSR count). The van der Waals surface area contributed by atoms with Crippen LogP contribution in [0.1, 0.15) is 0 Å². The summed E-state index contributed by atoms with van der Waals surface area (Å²) in [6, 6.07) is 79.0. The van der Waals surface area contributed by atoms with Gasteiger partial charge in [-0.1, -0.05) is 138 Å². The van der Waals surface area contributed by atoms with Gasteiger partial charge in [-0.05, 0) is 139 Å². The Morgan fingerprint density at radius 2 is 0.926 bits per heavy atom. The van der Waals surface area contributed by atoms with E-state index >= 15 is 0 Å². The molecule has 0 amide bonds. The summed E-state index contributed by atoms with van der Waals surface area (Å²) in [4.78, 5) is 2.52. The van der Waals surface area contributed by atoms with Gasteiger partial charge in [-0.2, -0.15) is 0 Å². The summed E-state index contributed by atoms with van der Waals surface area (Å²) in [5.41, 5.74) is 21.3. The number of hydrogen-bond acceptors (Lipinski definition) is 2. The summed E-state index contributed by atoms with van der Waals surface area (Å²) < 4.78 is 11.6. The summed E-state index contributed by atoms with van der Waals surface area (Å²) in [5.74, 6) is 1.89. The third-order valence-corrected chi connectivity index (χ3v) is 15.9. The van der Waals surface area contributed by atoms with Crippen LogP contribution >= 0.6 is 0 Å². The van der Waals surface area contributed by atoms with E-state index in [2.05, 4.69) is 226 Å². The number of hydrogen-bond donors (Lipinski definition) is 0. The van der Waals surface area contributed by atoms with E-state index in [0.717, 1.165) is 22.9 Å². The third-order valence-electron chi connectivity index (χ3n) is 15.9. The third kappa shape index (κ3) is 4.26. The molecular formula is C62H35B2N3O. The van der Waals surface area contributed by atoms with E-state index in [1.165, 1.54) is 126 Å². The molecule has 0 aliphatic carbocycles. The molecule has 13 aromatic rings. The highest BCUT2D eigenvalue weighted by Crippen LogP contribution is 2.47.